The van der Waals surface area contributed by atoms with E-state index in [2.05, 4.69) is 31.6 Å². The van der Waals surface area contributed by atoms with Crippen LogP contribution in [0.2, 0.25) is 0 Å². The van der Waals surface area contributed by atoms with Crippen LogP contribution in [-0.2, 0) is 0 Å². The van der Waals surface area contributed by atoms with Gasteiger partial charge in [0.1, 0.15) is 11.9 Å². The fourth-order valence-electron chi connectivity index (χ4n) is 2.27. The molecule has 26 heavy (non-hydrogen) atoms. The number of benzene rings is 2. The average Bonchev–Trinajstić information content (AvgIpc) is 2.66. The predicted molar refractivity (Wildman–Crippen MR) is 109 cm³/mol. The molecule has 2 aromatic carbocycles. The van der Waals surface area contributed by atoms with Crippen LogP contribution in [0.25, 0.3) is 0 Å². The molecule has 0 amide bonds. The van der Waals surface area contributed by atoms with E-state index >= 15 is 0 Å². The maximum Gasteiger partial charge on any atom is 0.195 e. The van der Waals surface area contributed by atoms with Gasteiger partial charge in [0.25, 0.3) is 0 Å². The molecule has 7 heteroatoms. The molecule has 140 valence electrons. The number of hydrogen-bond donors (Lipinski definition) is 2. The lowest BCUT2D eigenvalue weighted by Gasteiger charge is -2.19. The van der Waals surface area contributed by atoms with Crippen molar-refractivity contribution in [2.75, 3.05) is 33.1 Å². The van der Waals surface area contributed by atoms with Gasteiger partial charge in [0.15, 0.2) is 17.5 Å². The van der Waals surface area contributed by atoms with Gasteiger partial charge in [0.2, 0.25) is 0 Å². The van der Waals surface area contributed by atoms with Crippen molar-refractivity contribution in [2.24, 2.45) is 4.99 Å². The first-order valence-corrected chi connectivity index (χ1v) is 8.97. The molecule has 1 atom stereocenters. The van der Waals surface area contributed by atoms with E-state index in [1.165, 1.54) is 0 Å². The molecule has 2 aromatic rings. The van der Waals surface area contributed by atoms with Gasteiger partial charge in [0, 0.05) is 18.8 Å². The van der Waals surface area contributed by atoms with E-state index in [4.69, 9.17) is 14.2 Å². The summed E-state index contributed by atoms with van der Waals surface area (Å²) in [5.41, 5.74) is 0.843. The third kappa shape index (κ3) is 5.56. The molecule has 0 fully saturated rings. The first-order chi connectivity index (χ1) is 12.6. The number of halogens is 1. The van der Waals surface area contributed by atoms with Crippen LogP contribution in [0.3, 0.4) is 0 Å². The van der Waals surface area contributed by atoms with E-state index in [1.54, 1.807) is 21.3 Å². The van der Waals surface area contributed by atoms with Crippen molar-refractivity contribution >= 4 is 27.6 Å². The number of ether oxygens (including phenoxy) is 3. The molecular formula is C19H24BrN3O3. The first-order valence-electron chi connectivity index (χ1n) is 8.18. The van der Waals surface area contributed by atoms with Gasteiger partial charge in [-0.3, -0.25) is 4.99 Å². The Labute approximate surface area is 162 Å². The molecular weight excluding hydrogens is 398 g/mol. The Kier molecular flexibility index (Phi) is 7.59. The number of methoxy groups -OCH3 is 2. The molecule has 2 rings (SSSR count). The zero-order valence-electron chi connectivity index (χ0n) is 15.4. The van der Waals surface area contributed by atoms with Crippen LogP contribution in [0.15, 0.2) is 51.9 Å². The van der Waals surface area contributed by atoms with E-state index in [0.717, 1.165) is 15.9 Å². The normalized spacial score (nSPS) is 12.3. The first kappa shape index (κ1) is 19.9. The van der Waals surface area contributed by atoms with Gasteiger partial charge in [0.05, 0.1) is 25.2 Å². The minimum Gasteiger partial charge on any atom is -0.493 e. The zero-order valence-corrected chi connectivity index (χ0v) is 17.0. The molecule has 0 aliphatic carbocycles. The van der Waals surface area contributed by atoms with Crippen molar-refractivity contribution in [3.63, 3.8) is 0 Å². The Morgan fingerprint density at radius 3 is 2.46 bits per heavy atom. The van der Waals surface area contributed by atoms with Gasteiger partial charge in [-0.05, 0) is 47.1 Å². The summed E-state index contributed by atoms with van der Waals surface area (Å²) in [5.74, 6) is 2.78. The van der Waals surface area contributed by atoms with Crippen LogP contribution < -0.4 is 24.8 Å². The molecule has 0 heterocycles. The smallest absolute Gasteiger partial charge is 0.195 e. The van der Waals surface area contributed by atoms with Crippen LogP contribution in [0.4, 0.5) is 5.69 Å². The number of nitrogens with one attached hydrogen (secondary N) is 2. The minimum absolute atomic E-state index is 0.0438. The molecule has 1 unspecified atom stereocenters. The quantitative estimate of drug-likeness (QED) is 0.523. The van der Waals surface area contributed by atoms with Crippen LogP contribution in [0.5, 0.6) is 17.2 Å². The maximum atomic E-state index is 5.93. The van der Waals surface area contributed by atoms with Gasteiger partial charge in [-0.25, -0.2) is 0 Å². The lowest BCUT2D eigenvalue weighted by Crippen LogP contribution is -2.37. The molecule has 2 N–H and O–H groups in total. The largest absolute Gasteiger partial charge is 0.493 e. The molecule has 0 saturated carbocycles. The lowest BCUT2D eigenvalue weighted by molar-refractivity contribution is 0.223. The zero-order chi connectivity index (χ0) is 18.9. The van der Waals surface area contributed by atoms with Gasteiger partial charge >= 0.3 is 0 Å². The van der Waals surface area contributed by atoms with Crippen molar-refractivity contribution in [3.8, 4) is 17.2 Å². The monoisotopic (exact) mass is 421 g/mol. The highest BCUT2D eigenvalue weighted by atomic mass is 79.9. The minimum atomic E-state index is -0.0438. The van der Waals surface area contributed by atoms with Gasteiger partial charge in [-0.2, -0.15) is 0 Å². The number of nitrogens with zero attached hydrogens (tertiary/aromatic N) is 1. The summed E-state index contributed by atoms with van der Waals surface area (Å²) in [6.07, 6.45) is -0.0438. The highest BCUT2D eigenvalue weighted by molar-refractivity contribution is 9.10. The summed E-state index contributed by atoms with van der Waals surface area (Å²) in [5, 5.41) is 6.47. The summed E-state index contributed by atoms with van der Waals surface area (Å²) >= 11 is 3.48. The Bertz CT molecular complexity index is 753. The number of para-hydroxylation sites is 1. The Hall–Kier alpha value is -2.41. The molecule has 0 saturated heterocycles. The van der Waals surface area contributed by atoms with Crippen LogP contribution in [-0.4, -0.2) is 39.9 Å². The standard InChI is InChI=1S/C19H24BrN3O3/c1-13(26-16-8-6-5-7-15(16)20)12-22-19(21-2)23-14-9-10-17(24-3)18(11-14)25-4/h5-11,13H,12H2,1-4H3,(H2,21,22,23). The fraction of sp³-hybridized carbons (Fsp3) is 0.316. The topological polar surface area (TPSA) is 64.1 Å². The van der Waals surface area contributed by atoms with Crippen molar-refractivity contribution in [1.29, 1.82) is 0 Å². The van der Waals surface area contributed by atoms with Crippen LogP contribution in [0.1, 0.15) is 6.92 Å². The SMILES string of the molecule is CN=C(NCC(C)Oc1ccccc1Br)Nc1ccc(OC)c(OC)c1. The summed E-state index contributed by atoms with van der Waals surface area (Å²) in [7, 11) is 4.93. The number of anilines is 1. The summed E-state index contributed by atoms with van der Waals surface area (Å²) in [6.45, 7) is 2.59. The van der Waals surface area contributed by atoms with E-state index in [-0.39, 0.29) is 6.10 Å². The van der Waals surface area contributed by atoms with E-state index < -0.39 is 0 Å². The second-order valence-electron chi connectivity index (χ2n) is 5.51. The van der Waals surface area contributed by atoms with E-state index in [0.29, 0.717) is 24.0 Å². The van der Waals surface area contributed by atoms with Gasteiger partial charge < -0.3 is 24.8 Å². The Balaban J connectivity index is 1.92. The molecule has 0 aliphatic rings. The molecule has 0 aromatic heterocycles. The number of guanidine groups is 1. The molecule has 0 aliphatic heterocycles. The third-order valence-corrected chi connectivity index (χ3v) is 4.25. The summed E-state index contributed by atoms with van der Waals surface area (Å²) in [6, 6.07) is 13.4. The third-order valence-electron chi connectivity index (χ3n) is 3.59. The van der Waals surface area contributed by atoms with Crippen molar-refractivity contribution in [1.82, 2.24) is 5.32 Å². The molecule has 0 radical (unpaired) electrons. The average molecular weight is 422 g/mol. The Morgan fingerprint density at radius 1 is 1.08 bits per heavy atom. The van der Waals surface area contributed by atoms with Gasteiger partial charge in [-0.1, -0.05) is 12.1 Å². The lowest BCUT2D eigenvalue weighted by atomic mass is 10.2. The van der Waals surface area contributed by atoms with Crippen molar-refractivity contribution in [3.05, 3.63) is 46.9 Å². The number of rotatable bonds is 7. The van der Waals surface area contributed by atoms with Gasteiger partial charge in [-0.15, -0.1) is 0 Å². The predicted octanol–water partition coefficient (Wildman–Crippen LogP) is 3.92. The fourth-order valence-corrected chi connectivity index (χ4v) is 2.65. The molecule has 0 spiro atoms. The molecule has 6 nitrogen and oxygen atoms in total. The second-order valence-corrected chi connectivity index (χ2v) is 6.36. The molecule has 0 bridgehead atoms. The van der Waals surface area contributed by atoms with Crippen LogP contribution >= 0.6 is 15.9 Å². The number of hydrogen-bond acceptors (Lipinski definition) is 4. The van der Waals surface area contributed by atoms with Crippen molar-refractivity contribution in [2.45, 2.75) is 13.0 Å². The number of aliphatic imine (C=N–C) groups is 1. The summed E-state index contributed by atoms with van der Waals surface area (Å²) < 4.78 is 17.4. The van der Waals surface area contributed by atoms with E-state index in [1.807, 2.05) is 49.4 Å². The maximum absolute atomic E-state index is 5.93. The van der Waals surface area contributed by atoms with E-state index in [9.17, 15) is 0 Å². The van der Waals surface area contributed by atoms with Crippen LogP contribution in [0, 0.1) is 0 Å². The highest BCUT2D eigenvalue weighted by Crippen LogP contribution is 2.29. The Morgan fingerprint density at radius 2 is 1.81 bits per heavy atom. The highest BCUT2D eigenvalue weighted by Gasteiger charge is 2.09. The van der Waals surface area contributed by atoms with Crippen molar-refractivity contribution < 1.29 is 14.2 Å². The second kappa shape index (κ2) is 9.91. The summed E-state index contributed by atoms with van der Waals surface area (Å²) in [4.78, 5) is 4.24.